The summed E-state index contributed by atoms with van der Waals surface area (Å²) >= 11 is 10.1. The molecule has 0 fully saturated rings. The molecule has 0 radical (unpaired) electrons. The third-order valence-corrected chi connectivity index (χ3v) is 5.44. The molecule has 0 aliphatic carbocycles. The summed E-state index contributed by atoms with van der Waals surface area (Å²) in [6.45, 7) is 2.19. The van der Waals surface area contributed by atoms with Gasteiger partial charge in [-0.3, -0.25) is 0 Å². The number of halogens is 2. The molecule has 7 heteroatoms. The maximum absolute atomic E-state index is 11.7. The van der Waals surface area contributed by atoms with Gasteiger partial charge in [0.25, 0.3) is 0 Å². The summed E-state index contributed by atoms with van der Waals surface area (Å²) in [5, 5.41) is -0.0252. The molecule has 0 aromatic carbocycles. The van der Waals surface area contributed by atoms with Gasteiger partial charge in [0, 0.05) is 11.9 Å². The van der Waals surface area contributed by atoms with E-state index in [1.807, 2.05) is 6.92 Å². The van der Waals surface area contributed by atoms with Crippen LogP contribution in [0.1, 0.15) is 13.3 Å². The topological polar surface area (TPSA) is 46.2 Å². The average Bonchev–Trinajstić information content (AvgIpc) is 2.51. The van der Waals surface area contributed by atoms with Gasteiger partial charge in [-0.15, -0.1) is 22.9 Å². The Kier molecular flexibility index (Phi) is 5.05. The van der Waals surface area contributed by atoms with Crippen molar-refractivity contribution in [3.8, 4) is 0 Å². The number of hydrogen-bond donors (Lipinski definition) is 1. The van der Waals surface area contributed by atoms with Crippen molar-refractivity contribution in [2.24, 2.45) is 0 Å². The fourth-order valence-electron chi connectivity index (χ4n) is 0.905. The summed E-state index contributed by atoms with van der Waals surface area (Å²) in [7, 11) is -3.36. The molecule has 1 rings (SSSR count). The standard InChI is InChI=1S/C8H11BrClNO2S2/c1-6(10)4-5-11-15(12,13)8-3-2-7(9)14-8/h2-3,6,11H,4-5H2,1H3. The predicted molar refractivity (Wildman–Crippen MR) is 67.1 cm³/mol. The van der Waals surface area contributed by atoms with Crippen molar-refractivity contribution in [3.05, 3.63) is 15.9 Å². The molecule has 0 amide bonds. The lowest BCUT2D eigenvalue weighted by Crippen LogP contribution is -2.25. The highest BCUT2D eigenvalue weighted by Gasteiger charge is 2.15. The Morgan fingerprint density at radius 1 is 1.60 bits per heavy atom. The molecule has 0 saturated carbocycles. The van der Waals surface area contributed by atoms with E-state index in [1.165, 1.54) is 11.3 Å². The molecule has 1 aromatic heterocycles. The Morgan fingerprint density at radius 3 is 2.73 bits per heavy atom. The minimum absolute atomic E-state index is 0.0252. The largest absolute Gasteiger partial charge is 0.250 e. The van der Waals surface area contributed by atoms with E-state index >= 15 is 0 Å². The molecule has 3 nitrogen and oxygen atoms in total. The first-order valence-corrected chi connectivity index (χ1v) is 7.84. The van der Waals surface area contributed by atoms with Gasteiger partial charge in [0.2, 0.25) is 10.0 Å². The van der Waals surface area contributed by atoms with E-state index in [2.05, 4.69) is 20.7 Å². The number of thiophene rings is 1. The predicted octanol–water partition coefficient (Wildman–Crippen LogP) is 2.81. The van der Waals surface area contributed by atoms with Crippen LogP contribution in [0.25, 0.3) is 0 Å². The van der Waals surface area contributed by atoms with E-state index in [9.17, 15) is 8.42 Å². The van der Waals surface area contributed by atoms with Gasteiger partial charge in [0.15, 0.2) is 0 Å². The van der Waals surface area contributed by atoms with Crippen molar-refractivity contribution in [1.29, 1.82) is 0 Å². The smallest absolute Gasteiger partial charge is 0.210 e. The number of rotatable bonds is 5. The molecule has 0 aliphatic heterocycles. The second-order valence-electron chi connectivity index (χ2n) is 3.03. The number of nitrogens with one attached hydrogen (secondary N) is 1. The van der Waals surface area contributed by atoms with Crippen LogP contribution >= 0.6 is 38.9 Å². The SMILES string of the molecule is CC(Cl)CCNS(=O)(=O)c1ccc(Br)s1. The van der Waals surface area contributed by atoms with Gasteiger partial charge in [0.1, 0.15) is 4.21 Å². The Bertz CT molecular complexity index is 416. The van der Waals surface area contributed by atoms with Crippen LogP contribution in [0.4, 0.5) is 0 Å². The lowest BCUT2D eigenvalue weighted by atomic mass is 10.3. The van der Waals surface area contributed by atoms with Crippen molar-refractivity contribution in [3.63, 3.8) is 0 Å². The van der Waals surface area contributed by atoms with Gasteiger partial charge < -0.3 is 0 Å². The Hall–Kier alpha value is 0.380. The van der Waals surface area contributed by atoms with Crippen molar-refractivity contribution < 1.29 is 8.42 Å². The van der Waals surface area contributed by atoms with E-state index in [1.54, 1.807) is 12.1 Å². The first-order valence-electron chi connectivity index (χ1n) is 4.31. The molecular formula is C8H11BrClNO2S2. The number of hydrogen-bond acceptors (Lipinski definition) is 3. The van der Waals surface area contributed by atoms with Crippen molar-refractivity contribution in [2.45, 2.75) is 22.9 Å². The van der Waals surface area contributed by atoms with Gasteiger partial charge in [-0.2, -0.15) is 0 Å². The van der Waals surface area contributed by atoms with Crippen molar-refractivity contribution in [1.82, 2.24) is 4.72 Å². The minimum Gasteiger partial charge on any atom is -0.210 e. The first kappa shape index (κ1) is 13.4. The van der Waals surface area contributed by atoms with Crippen LogP contribution < -0.4 is 4.72 Å². The van der Waals surface area contributed by atoms with Crippen LogP contribution in [0.5, 0.6) is 0 Å². The molecule has 1 aromatic rings. The van der Waals surface area contributed by atoms with Crippen LogP contribution in [0.2, 0.25) is 0 Å². The lowest BCUT2D eigenvalue weighted by Gasteiger charge is -2.05. The molecule has 86 valence electrons. The monoisotopic (exact) mass is 331 g/mol. The fourth-order valence-corrected chi connectivity index (χ4v) is 4.12. The number of sulfonamides is 1. The van der Waals surface area contributed by atoms with Gasteiger partial charge in [-0.25, -0.2) is 13.1 Å². The van der Waals surface area contributed by atoms with Gasteiger partial charge in [-0.05, 0) is 41.4 Å². The van der Waals surface area contributed by atoms with E-state index in [0.29, 0.717) is 17.2 Å². The molecule has 0 saturated heterocycles. The lowest BCUT2D eigenvalue weighted by molar-refractivity contribution is 0.581. The first-order chi connectivity index (χ1) is 6.92. The molecule has 1 heterocycles. The summed E-state index contributed by atoms with van der Waals surface area (Å²) in [5.41, 5.74) is 0. The molecule has 0 spiro atoms. The zero-order chi connectivity index (χ0) is 11.5. The molecule has 1 N–H and O–H groups in total. The Labute approximate surface area is 107 Å². The summed E-state index contributed by atoms with van der Waals surface area (Å²) in [6, 6.07) is 3.28. The van der Waals surface area contributed by atoms with Crippen molar-refractivity contribution in [2.75, 3.05) is 6.54 Å². The third-order valence-electron chi connectivity index (χ3n) is 1.65. The molecule has 1 unspecified atom stereocenters. The molecule has 15 heavy (non-hydrogen) atoms. The highest BCUT2D eigenvalue weighted by atomic mass is 79.9. The van der Waals surface area contributed by atoms with Crippen LogP contribution in [0, 0.1) is 0 Å². The third kappa shape index (κ3) is 4.40. The maximum atomic E-state index is 11.7. The van der Waals surface area contributed by atoms with E-state index in [4.69, 9.17) is 11.6 Å². The van der Waals surface area contributed by atoms with E-state index in [0.717, 1.165) is 3.79 Å². The van der Waals surface area contributed by atoms with Gasteiger partial charge >= 0.3 is 0 Å². The highest BCUT2D eigenvalue weighted by molar-refractivity contribution is 9.11. The fraction of sp³-hybridized carbons (Fsp3) is 0.500. The normalized spacial score (nSPS) is 14.1. The quantitative estimate of drug-likeness (QED) is 0.843. The van der Waals surface area contributed by atoms with Crippen molar-refractivity contribution >= 4 is 48.9 Å². The summed E-state index contributed by atoms with van der Waals surface area (Å²) < 4.78 is 26.9. The average molecular weight is 333 g/mol. The van der Waals surface area contributed by atoms with Crippen LogP contribution in [0.3, 0.4) is 0 Å². The van der Waals surface area contributed by atoms with E-state index < -0.39 is 10.0 Å². The van der Waals surface area contributed by atoms with Gasteiger partial charge in [0.05, 0.1) is 3.79 Å². The van der Waals surface area contributed by atoms with E-state index in [-0.39, 0.29) is 5.38 Å². The van der Waals surface area contributed by atoms with Crippen LogP contribution in [0.15, 0.2) is 20.1 Å². The summed E-state index contributed by atoms with van der Waals surface area (Å²) in [5.74, 6) is 0. The second kappa shape index (κ2) is 5.63. The Morgan fingerprint density at radius 2 is 2.27 bits per heavy atom. The zero-order valence-electron chi connectivity index (χ0n) is 8.04. The zero-order valence-corrected chi connectivity index (χ0v) is 12.0. The summed E-state index contributed by atoms with van der Waals surface area (Å²) in [6.07, 6.45) is 0.618. The molecule has 0 bridgehead atoms. The van der Waals surface area contributed by atoms with Crippen LogP contribution in [-0.4, -0.2) is 20.3 Å². The molecule has 1 atom stereocenters. The molecular weight excluding hydrogens is 322 g/mol. The van der Waals surface area contributed by atoms with Gasteiger partial charge in [-0.1, -0.05) is 0 Å². The Balaban J connectivity index is 2.60. The number of alkyl halides is 1. The minimum atomic E-state index is -3.36. The second-order valence-corrected chi connectivity index (χ2v) is 8.23. The highest BCUT2D eigenvalue weighted by Crippen LogP contribution is 2.25. The maximum Gasteiger partial charge on any atom is 0.250 e. The summed E-state index contributed by atoms with van der Waals surface area (Å²) in [4.78, 5) is 0. The van der Waals surface area contributed by atoms with Crippen LogP contribution in [-0.2, 0) is 10.0 Å². The molecule has 0 aliphatic rings.